The monoisotopic (exact) mass is 466 g/mol. The number of anilines is 1. The summed E-state index contributed by atoms with van der Waals surface area (Å²) >= 11 is 0. The molecule has 0 aromatic heterocycles. The standard InChI is InChI=1S/C26H34N4O4/c1-19(26(33)34)27-22(16-15-20-11-5-2-6-12-20)24(31)29-23(30-17-9-4-10-18-30)25(32)28-21-13-7-3-8-14-21/h2-3,5-8,11-14,19,22-23,27H,4,9-10,15-18H2,1H3,(H,28,32)(H,29,31)(H,33,34)/t19-,22+,23?/m1/s1. The molecule has 3 rings (SSSR count). The molecule has 1 aliphatic heterocycles. The number of nitrogens with one attached hydrogen (secondary N) is 3. The summed E-state index contributed by atoms with van der Waals surface area (Å²) in [5.74, 6) is -1.73. The van der Waals surface area contributed by atoms with Crippen LogP contribution in [-0.2, 0) is 20.8 Å². The van der Waals surface area contributed by atoms with Crippen LogP contribution < -0.4 is 16.0 Å². The number of para-hydroxylation sites is 1. The molecular formula is C26H34N4O4. The van der Waals surface area contributed by atoms with E-state index in [0.717, 1.165) is 24.8 Å². The molecule has 1 saturated heterocycles. The number of piperidine rings is 1. The highest BCUT2D eigenvalue weighted by atomic mass is 16.4. The summed E-state index contributed by atoms with van der Waals surface area (Å²) in [5, 5.41) is 18.1. The molecule has 0 radical (unpaired) electrons. The Morgan fingerprint density at radius 3 is 2.15 bits per heavy atom. The minimum Gasteiger partial charge on any atom is -0.480 e. The molecule has 0 aliphatic carbocycles. The number of carboxylic acids is 1. The van der Waals surface area contributed by atoms with Crippen LogP contribution in [0.1, 0.15) is 38.2 Å². The van der Waals surface area contributed by atoms with Crippen LogP contribution in [0.5, 0.6) is 0 Å². The third kappa shape index (κ3) is 7.67. The Morgan fingerprint density at radius 1 is 0.912 bits per heavy atom. The fraction of sp³-hybridized carbons (Fsp3) is 0.423. The third-order valence-corrected chi connectivity index (χ3v) is 6.03. The van der Waals surface area contributed by atoms with E-state index >= 15 is 0 Å². The molecule has 182 valence electrons. The third-order valence-electron chi connectivity index (χ3n) is 6.03. The molecule has 34 heavy (non-hydrogen) atoms. The topological polar surface area (TPSA) is 111 Å². The zero-order valence-electron chi connectivity index (χ0n) is 19.6. The van der Waals surface area contributed by atoms with Crippen LogP contribution in [0.25, 0.3) is 0 Å². The number of likely N-dealkylation sites (tertiary alicyclic amines) is 1. The van der Waals surface area contributed by atoms with Crippen molar-refractivity contribution < 1.29 is 19.5 Å². The Labute approximate surface area is 200 Å². The van der Waals surface area contributed by atoms with Gasteiger partial charge in [0, 0.05) is 18.8 Å². The van der Waals surface area contributed by atoms with Crippen LogP contribution in [0.2, 0.25) is 0 Å². The Bertz CT molecular complexity index is 932. The van der Waals surface area contributed by atoms with Crippen LogP contribution in [0.4, 0.5) is 5.69 Å². The lowest BCUT2D eigenvalue weighted by Crippen LogP contribution is -2.60. The second-order valence-electron chi connectivity index (χ2n) is 8.67. The van der Waals surface area contributed by atoms with Crippen molar-refractivity contribution in [3.8, 4) is 0 Å². The van der Waals surface area contributed by atoms with Gasteiger partial charge in [0.2, 0.25) is 5.91 Å². The molecule has 3 atom stereocenters. The Morgan fingerprint density at radius 2 is 1.53 bits per heavy atom. The molecule has 1 aliphatic rings. The lowest BCUT2D eigenvalue weighted by atomic mass is 10.0. The van der Waals surface area contributed by atoms with Crippen molar-refractivity contribution in [1.29, 1.82) is 0 Å². The van der Waals surface area contributed by atoms with Gasteiger partial charge in [0.1, 0.15) is 6.04 Å². The van der Waals surface area contributed by atoms with Gasteiger partial charge in [0.15, 0.2) is 6.17 Å². The maximum atomic E-state index is 13.4. The second-order valence-corrected chi connectivity index (χ2v) is 8.67. The molecule has 0 spiro atoms. The highest BCUT2D eigenvalue weighted by molar-refractivity contribution is 5.97. The largest absolute Gasteiger partial charge is 0.480 e. The minimum absolute atomic E-state index is 0.311. The number of aliphatic carboxylic acids is 1. The first kappa shape index (κ1) is 25.4. The summed E-state index contributed by atoms with van der Waals surface area (Å²) in [4.78, 5) is 40.0. The number of carbonyl (C=O) groups excluding carboxylic acids is 2. The lowest BCUT2D eigenvalue weighted by Gasteiger charge is -2.35. The summed E-state index contributed by atoms with van der Waals surface area (Å²) in [6, 6.07) is 17.2. The molecular weight excluding hydrogens is 432 g/mol. The fourth-order valence-electron chi connectivity index (χ4n) is 4.09. The maximum Gasteiger partial charge on any atom is 0.320 e. The molecule has 2 aromatic rings. The summed E-state index contributed by atoms with van der Waals surface area (Å²) in [5.41, 5.74) is 1.71. The number of nitrogens with zero attached hydrogens (tertiary/aromatic N) is 1. The zero-order chi connectivity index (χ0) is 24.3. The molecule has 8 nitrogen and oxygen atoms in total. The number of hydrogen-bond acceptors (Lipinski definition) is 5. The normalized spacial score (nSPS) is 16.7. The van der Waals surface area contributed by atoms with Crippen LogP contribution in [-0.4, -0.2) is 59.1 Å². The first-order valence-corrected chi connectivity index (χ1v) is 11.9. The van der Waals surface area contributed by atoms with E-state index in [9.17, 15) is 19.5 Å². The van der Waals surface area contributed by atoms with Crippen molar-refractivity contribution in [1.82, 2.24) is 15.5 Å². The molecule has 1 fully saturated rings. The predicted octanol–water partition coefficient (Wildman–Crippen LogP) is 2.62. The Hall–Kier alpha value is -3.23. The van der Waals surface area contributed by atoms with Gasteiger partial charge in [-0.1, -0.05) is 55.0 Å². The highest BCUT2D eigenvalue weighted by Crippen LogP contribution is 2.14. The number of carbonyl (C=O) groups is 3. The van der Waals surface area contributed by atoms with E-state index in [1.807, 2.05) is 53.4 Å². The molecule has 0 bridgehead atoms. The average molecular weight is 467 g/mol. The first-order chi connectivity index (χ1) is 16.4. The SMILES string of the molecule is C[C@@H](N[C@@H](CCc1ccccc1)C(=O)NC(C(=O)Nc1ccccc1)N1CCCCC1)C(=O)O. The van der Waals surface area contributed by atoms with Gasteiger partial charge in [-0.3, -0.25) is 24.6 Å². The van der Waals surface area contributed by atoms with Gasteiger partial charge in [0.25, 0.3) is 5.91 Å². The Kier molecular flexibility index (Phi) is 9.61. The average Bonchev–Trinajstić information content (AvgIpc) is 2.86. The van der Waals surface area contributed by atoms with E-state index in [2.05, 4.69) is 16.0 Å². The van der Waals surface area contributed by atoms with Crippen molar-refractivity contribution in [3.63, 3.8) is 0 Å². The van der Waals surface area contributed by atoms with Crippen LogP contribution in [0, 0.1) is 0 Å². The van der Waals surface area contributed by atoms with E-state index in [1.165, 1.54) is 6.92 Å². The molecule has 2 aromatic carbocycles. The molecule has 4 N–H and O–H groups in total. The van der Waals surface area contributed by atoms with E-state index in [1.54, 1.807) is 12.1 Å². The predicted molar refractivity (Wildman–Crippen MR) is 131 cm³/mol. The summed E-state index contributed by atoms with van der Waals surface area (Å²) in [6.07, 6.45) is 3.17. The number of carboxylic acid groups (broad SMARTS) is 1. The van der Waals surface area contributed by atoms with Gasteiger partial charge in [-0.2, -0.15) is 0 Å². The van der Waals surface area contributed by atoms with E-state index in [0.29, 0.717) is 31.6 Å². The van der Waals surface area contributed by atoms with E-state index in [-0.39, 0.29) is 11.8 Å². The number of benzene rings is 2. The van der Waals surface area contributed by atoms with Crippen molar-refractivity contribution in [3.05, 3.63) is 66.2 Å². The van der Waals surface area contributed by atoms with Gasteiger partial charge in [-0.15, -0.1) is 0 Å². The molecule has 8 heteroatoms. The van der Waals surface area contributed by atoms with Crippen molar-refractivity contribution in [2.24, 2.45) is 0 Å². The van der Waals surface area contributed by atoms with Crippen molar-refractivity contribution >= 4 is 23.5 Å². The summed E-state index contributed by atoms with van der Waals surface area (Å²) in [7, 11) is 0. The minimum atomic E-state index is -1.04. The second kappa shape index (κ2) is 12.9. The fourth-order valence-corrected chi connectivity index (χ4v) is 4.09. The Balaban J connectivity index is 1.74. The van der Waals surface area contributed by atoms with E-state index < -0.39 is 24.2 Å². The number of aryl methyl sites for hydroxylation is 1. The van der Waals surface area contributed by atoms with Gasteiger partial charge >= 0.3 is 5.97 Å². The summed E-state index contributed by atoms with van der Waals surface area (Å²) < 4.78 is 0. The van der Waals surface area contributed by atoms with Crippen molar-refractivity contribution in [2.45, 2.75) is 57.3 Å². The number of rotatable bonds is 11. The van der Waals surface area contributed by atoms with Crippen LogP contribution >= 0.6 is 0 Å². The molecule has 1 unspecified atom stereocenters. The van der Waals surface area contributed by atoms with Crippen LogP contribution in [0.3, 0.4) is 0 Å². The van der Waals surface area contributed by atoms with Crippen molar-refractivity contribution in [2.75, 3.05) is 18.4 Å². The zero-order valence-corrected chi connectivity index (χ0v) is 19.6. The first-order valence-electron chi connectivity index (χ1n) is 11.9. The maximum absolute atomic E-state index is 13.4. The van der Waals surface area contributed by atoms with Gasteiger partial charge < -0.3 is 15.7 Å². The highest BCUT2D eigenvalue weighted by Gasteiger charge is 2.32. The quantitative estimate of drug-likeness (QED) is 0.405. The van der Waals surface area contributed by atoms with Gasteiger partial charge in [-0.25, -0.2) is 0 Å². The van der Waals surface area contributed by atoms with E-state index in [4.69, 9.17) is 0 Å². The van der Waals surface area contributed by atoms with Gasteiger partial charge in [0.05, 0.1) is 6.04 Å². The number of amides is 2. The molecule has 0 saturated carbocycles. The van der Waals surface area contributed by atoms with Gasteiger partial charge in [-0.05, 0) is 50.3 Å². The van der Waals surface area contributed by atoms with Crippen LogP contribution in [0.15, 0.2) is 60.7 Å². The molecule has 1 heterocycles. The number of hydrogen-bond donors (Lipinski definition) is 4. The smallest absolute Gasteiger partial charge is 0.320 e. The molecule has 2 amide bonds. The lowest BCUT2D eigenvalue weighted by molar-refractivity contribution is -0.140. The summed E-state index contributed by atoms with van der Waals surface area (Å²) in [6.45, 7) is 2.93.